The topological polar surface area (TPSA) is 61.4 Å². The van der Waals surface area contributed by atoms with Crippen LogP contribution in [0.5, 0.6) is 0 Å². The van der Waals surface area contributed by atoms with Crippen LogP contribution in [0.3, 0.4) is 0 Å². The Bertz CT molecular complexity index is 809. The number of hydrogen-bond acceptors (Lipinski definition) is 3. The highest BCUT2D eigenvalue weighted by molar-refractivity contribution is 6.14. The van der Waals surface area contributed by atoms with Gasteiger partial charge in [-0.25, -0.2) is 0 Å². The molecule has 0 bridgehead atoms. The lowest BCUT2D eigenvalue weighted by Crippen LogP contribution is -2.41. The first kappa shape index (κ1) is 19.5. The van der Waals surface area contributed by atoms with Crippen LogP contribution in [-0.2, 0) is 9.59 Å². The van der Waals surface area contributed by atoms with E-state index in [1.54, 1.807) is 13.8 Å². The van der Waals surface area contributed by atoms with Crippen LogP contribution in [0.25, 0.3) is 0 Å². The third-order valence-electron chi connectivity index (χ3n) is 4.42. The van der Waals surface area contributed by atoms with E-state index in [4.69, 9.17) is 0 Å². The summed E-state index contributed by atoms with van der Waals surface area (Å²) in [5, 5.41) is 5.70. The number of carbonyl (C=O) groups excluding carboxylic acids is 2. The number of carbonyl (C=O) groups is 2. The highest BCUT2D eigenvalue weighted by Gasteiger charge is 2.36. The Balaban J connectivity index is 2.10. The first-order chi connectivity index (χ1) is 12.1. The fourth-order valence-electron chi connectivity index (χ4n) is 2.38. The standard InChI is InChI=1S/C21H27N3O2/c1-14-7-8-15(2)18(13-14)23-20(26)21(3,4)19(25)22-16-9-11-17(12-10-16)24(5)6/h7-13H,1-6H3,(H,22,25)(H,23,26). The van der Waals surface area contributed by atoms with Gasteiger partial charge in [-0.2, -0.15) is 0 Å². The molecule has 2 aromatic carbocycles. The molecule has 26 heavy (non-hydrogen) atoms. The van der Waals surface area contributed by atoms with Crippen molar-refractivity contribution in [2.75, 3.05) is 29.6 Å². The molecule has 0 saturated heterocycles. The van der Waals surface area contributed by atoms with Crippen molar-refractivity contribution in [3.05, 3.63) is 53.6 Å². The van der Waals surface area contributed by atoms with Gasteiger partial charge in [-0.15, -0.1) is 0 Å². The lowest BCUT2D eigenvalue weighted by atomic mass is 9.90. The second kappa shape index (κ2) is 7.60. The Labute approximate surface area is 155 Å². The van der Waals surface area contributed by atoms with Crippen molar-refractivity contribution in [1.29, 1.82) is 0 Å². The normalized spacial score (nSPS) is 11.0. The Morgan fingerprint density at radius 1 is 0.885 bits per heavy atom. The van der Waals surface area contributed by atoms with Gasteiger partial charge in [0.2, 0.25) is 11.8 Å². The van der Waals surface area contributed by atoms with Gasteiger partial charge < -0.3 is 15.5 Å². The molecule has 2 aromatic rings. The molecule has 0 aliphatic heterocycles. The van der Waals surface area contributed by atoms with E-state index in [0.29, 0.717) is 5.69 Å². The third kappa shape index (κ3) is 4.42. The van der Waals surface area contributed by atoms with Crippen LogP contribution in [0.1, 0.15) is 25.0 Å². The zero-order valence-electron chi connectivity index (χ0n) is 16.3. The van der Waals surface area contributed by atoms with Crippen LogP contribution in [0.2, 0.25) is 0 Å². The van der Waals surface area contributed by atoms with Crippen molar-refractivity contribution < 1.29 is 9.59 Å². The molecule has 0 aromatic heterocycles. The molecule has 0 saturated carbocycles. The number of hydrogen-bond donors (Lipinski definition) is 2. The SMILES string of the molecule is Cc1ccc(C)c(NC(=O)C(C)(C)C(=O)Nc2ccc(N(C)C)cc2)c1. The third-order valence-corrected chi connectivity index (χ3v) is 4.42. The summed E-state index contributed by atoms with van der Waals surface area (Å²) in [5.74, 6) is -0.688. The fourth-order valence-corrected chi connectivity index (χ4v) is 2.38. The first-order valence-corrected chi connectivity index (χ1v) is 8.59. The van der Waals surface area contributed by atoms with Crippen LogP contribution in [0, 0.1) is 19.3 Å². The molecule has 5 nitrogen and oxygen atoms in total. The molecule has 2 rings (SSSR count). The molecule has 138 valence electrons. The highest BCUT2D eigenvalue weighted by atomic mass is 16.2. The quantitative estimate of drug-likeness (QED) is 0.800. The van der Waals surface area contributed by atoms with E-state index in [2.05, 4.69) is 10.6 Å². The predicted molar refractivity (Wildman–Crippen MR) is 108 cm³/mol. The van der Waals surface area contributed by atoms with E-state index in [1.807, 2.05) is 75.3 Å². The summed E-state index contributed by atoms with van der Waals surface area (Å²) in [4.78, 5) is 27.3. The van der Waals surface area contributed by atoms with Crippen molar-refractivity contribution >= 4 is 28.9 Å². The summed E-state index contributed by atoms with van der Waals surface area (Å²) in [6, 6.07) is 13.3. The Hall–Kier alpha value is -2.82. The summed E-state index contributed by atoms with van der Waals surface area (Å²) in [5.41, 5.74) is 3.22. The van der Waals surface area contributed by atoms with Crippen LogP contribution in [0.15, 0.2) is 42.5 Å². The smallest absolute Gasteiger partial charge is 0.239 e. The molecule has 0 atom stereocenters. The van der Waals surface area contributed by atoms with Gasteiger partial charge in [0.05, 0.1) is 0 Å². The van der Waals surface area contributed by atoms with Gasteiger partial charge in [0.15, 0.2) is 0 Å². The minimum absolute atomic E-state index is 0.339. The number of amides is 2. The number of benzene rings is 2. The number of nitrogens with zero attached hydrogens (tertiary/aromatic N) is 1. The van der Waals surface area contributed by atoms with E-state index in [9.17, 15) is 9.59 Å². The van der Waals surface area contributed by atoms with Gasteiger partial charge in [-0.1, -0.05) is 12.1 Å². The zero-order chi connectivity index (χ0) is 19.5. The monoisotopic (exact) mass is 353 g/mol. The average molecular weight is 353 g/mol. The molecular weight excluding hydrogens is 326 g/mol. The van der Waals surface area contributed by atoms with E-state index in [-0.39, 0.29) is 11.8 Å². The molecule has 0 radical (unpaired) electrons. The predicted octanol–water partition coefficient (Wildman–Crippen LogP) is 3.97. The van der Waals surface area contributed by atoms with Gasteiger partial charge in [-0.3, -0.25) is 9.59 Å². The molecule has 0 heterocycles. The van der Waals surface area contributed by atoms with Gasteiger partial charge >= 0.3 is 0 Å². The van der Waals surface area contributed by atoms with E-state index < -0.39 is 5.41 Å². The summed E-state index contributed by atoms with van der Waals surface area (Å²) < 4.78 is 0. The van der Waals surface area contributed by atoms with Crippen molar-refractivity contribution in [3.8, 4) is 0 Å². The van der Waals surface area contributed by atoms with Crippen LogP contribution in [-0.4, -0.2) is 25.9 Å². The van der Waals surface area contributed by atoms with E-state index >= 15 is 0 Å². The van der Waals surface area contributed by atoms with E-state index in [0.717, 1.165) is 22.5 Å². The fraction of sp³-hybridized carbons (Fsp3) is 0.333. The van der Waals surface area contributed by atoms with Gasteiger partial charge in [0, 0.05) is 31.2 Å². The number of rotatable bonds is 5. The molecule has 2 N–H and O–H groups in total. The molecule has 0 unspecified atom stereocenters. The molecule has 0 fully saturated rings. The Kier molecular flexibility index (Phi) is 5.70. The molecular formula is C21H27N3O2. The van der Waals surface area contributed by atoms with Crippen molar-refractivity contribution in [3.63, 3.8) is 0 Å². The highest BCUT2D eigenvalue weighted by Crippen LogP contribution is 2.24. The van der Waals surface area contributed by atoms with Crippen LogP contribution >= 0.6 is 0 Å². The average Bonchev–Trinajstić information content (AvgIpc) is 2.58. The molecule has 0 aliphatic carbocycles. The lowest BCUT2D eigenvalue weighted by molar-refractivity contribution is -0.135. The van der Waals surface area contributed by atoms with Crippen LogP contribution < -0.4 is 15.5 Å². The molecule has 5 heteroatoms. The first-order valence-electron chi connectivity index (χ1n) is 8.59. The Morgan fingerprint density at radius 3 is 2.04 bits per heavy atom. The second-order valence-electron chi connectivity index (χ2n) is 7.29. The minimum atomic E-state index is -1.21. The lowest BCUT2D eigenvalue weighted by Gasteiger charge is -2.23. The van der Waals surface area contributed by atoms with Gasteiger partial charge in [0.1, 0.15) is 5.41 Å². The maximum Gasteiger partial charge on any atom is 0.239 e. The van der Waals surface area contributed by atoms with Crippen molar-refractivity contribution in [1.82, 2.24) is 0 Å². The zero-order valence-corrected chi connectivity index (χ0v) is 16.3. The van der Waals surface area contributed by atoms with Crippen molar-refractivity contribution in [2.45, 2.75) is 27.7 Å². The van der Waals surface area contributed by atoms with Gasteiger partial charge in [-0.05, 0) is 69.2 Å². The summed E-state index contributed by atoms with van der Waals surface area (Å²) in [6.07, 6.45) is 0. The number of nitrogens with one attached hydrogen (secondary N) is 2. The minimum Gasteiger partial charge on any atom is -0.378 e. The van der Waals surface area contributed by atoms with Crippen LogP contribution in [0.4, 0.5) is 17.1 Å². The molecule has 2 amide bonds. The molecule has 0 aliphatic rings. The largest absolute Gasteiger partial charge is 0.378 e. The maximum absolute atomic E-state index is 12.7. The summed E-state index contributed by atoms with van der Waals surface area (Å²) in [7, 11) is 3.91. The van der Waals surface area contributed by atoms with Crippen molar-refractivity contribution in [2.24, 2.45) is 5.41 Å². The number of aryl methyl sites for hydroxylation is 2. The number of anilines is 3. The Morgan fingerprint density at radius 2 is 1.46 bits per heavy atom. The van der Waals surface area contributed by atoms with E-state index in [1.165, 1.54) is 0 Å². The maximum atomic E-state index is 12.7. The van der Waals surface area contributed by atoms with Gasteiger partial charge in [0.25, 0.3) is 0 Å². The second-order valence-corrected chi connectivity index (χ2v) is 7.29. The summed E-state index contributed by atoms with van der Waals surface area (Å²) in [6.45, 7) is 7.13. The molecule has 0 spiro atoms. The summed E-state index contributed by atoms with van der Waals surface area (Å²) >= 11 is 0.